The Labute approximate surface area is 171 Å². The fourth-order valence-electron chi connectivity index (χ4n) is 2.91. The maximum absolute atomic E-state index is 11.8. The molecule has 0 aromatic carbocycles. The van der Waals surface area contributed by atoms with Crippen LogP contribution >= 0.6 is 0 Å². The van der Waals surface area contributed by atoms with Gasteiger partial charge in [0.1, 0.15) is 0 Å². The van der Waals surface area contributed by atoms with Crippen molar-refractivity contribution in [3.63, 3.8) is 0 Å². The Balaban J connectivity index is 3.99. The first kappa shape index (κ1) is 26.2. The number of ether oxygens (including phenoxy) is 1. The number of hydrogen-bond acceptors (Lipinski definition) is 3. The lowest BCUT2D eigenvalue weighted by molar-refractivity contribution is -0.177. The molecule has 0 aromatic rings. The van der Waals surface area contributed by atoms with Crippen molar-refractivity contribution in [3.8, 4) is 0 Å². The van der Waals surface area contributed by atoms with Crippen molar-refractivity contribution in [3.05, 3.63) is 36.5 Å². The van der Waals surface area contributed by atoms with E-state index in [0.717, 1.165) is 38.5 Å². The maximum Gasteiger partial charge on any atom is 0.348 e. The Hall–Kier alpha value is -1.84. The van der Waals surface area contributed by atoms with E-state index < -0.39 is 17.5 Å². The number of carbonyl (C=O) groups excluding carboxylic acids is 1. The van der Waals surface area contributed by atoms with E-state index >= 15 is 0 Å². The summed E-state index contributed by atoms with van der Waals surface area (Å²) in [7, 11) is 0. The smallest absolute Gasteiger partial charge is 0.348 e. The van der Waals surface area contributed by atoms with Gasteiger partial charge in [-0.25, -0.2) is 9.59 Å². The molecule has 1 atom stereocenters. The molecule has 0 aromatic heterocycles. The molecule has 0 radical (unpaired) electrons. The van der Waals surface area contributed by atoms with E-state index in [1.54, 1.807) is 6.92 Å². The maximum atomic E-state index is 11.8. The summed E-state index contributed by atoms with van der Waals surface area (Å²) in [5.41, 5.74) is -1.21. The molecule has 0 bridgehead atoms. The van der Waals surface area contributed by atoms with E-state index in [-0.39, 0.29) is 12.0 Å². The van der Waals surface area contributed by atoms with Crippen molar-refractivity contribution in [1.82, 2.24) is 0 Å². The van der Waals surface area contributed by atoms with Crippen molar-refractivity contribution in [1.29, 1.82) is 0 Å². The molecule has 0 aliphatic carbocycles. The van der Waals surface area contributed by atoms with E-state index in [9.17, 15) is 14.7 Å². The number of rotatable bonds is 17. The molecule has 1 N–H and O–H groups in total. The molecular formula is C24H40O4. The highest BCUT2D eigenvalue weighted by Crippen LogP contribution is 2.26. The third-order valence-corrected chi connectivity index (χ3v) is 4.88. The second-order valence-corrected chi connectivity index (χ2v) is 7.45. The van der Waals surface area contributed by atoms with E-state index in [1.165, 1.54) is 32.6 Å². The van der Waals surface area contributed by atoms with E-state index in [4.69, 9.17) is 4.74 Å². The fraction of sp³-hybridized carbons (Fsp3) is 0.667. The van der Waals surface area contributed by atoms with E-state index in [0.29, 0.717) is 6.42 Å². The summed E-state index contributed by atoms with van der Waals surface area (Å²) < 4.78 is 5.27. The summed E-state index contributed by atoms with van der Waals surface area (Å²) >= 11 is 0. The van der Waals surface area contributed by atoms with Crippen LogP contribution in [0.2, 0.25) is 0 Å². The van der Waals surface area contributed by atoms with Gasteiger partial charge in [0, 0.05) is 5.57 Å². The van der Waals surface area contributed by atoms with Crippen LogP contribution in [0.1, 0.15) is 97.8 Å². The van der Waals surface area contributed by atoms with Crippen LogP contribution < -0.4 is 0 Å². The van der Waals surface area contributed by atoms with Crippen LogP contribution in [0, 0.1) is 0 Å². The first-order valence-corrected chi connectivity index (χ1v) is 10.8. The lowest BCUT2D eigenvalue weighted by Gasteiger charge is -2.28. The first-order chi connectivity index (χ1) is 13.4. The molecule has 1 unspecified atom stereocenters. The minimum atomic E-state index is -1.43. The predicted molar refractivity (Wildman–Crippen MR) is 116 cm³/mol. The van der Waals surface area contributed by atoms with Gasteiger partial charge in [0.05, 0.1) is 0 Å². The highest BCUT2D eigenvalue weighted by atomic mass is 16.6. The quantitative estimate of drug-likeness (QED) is 0.128. The Morgan fingerprint density at radius 3 is 2.00 bits per heavy atom. The molecule has 0 fully saturated rings. The second kappa shape index (κ2) is 16.1. The zero-order valence-electron chi connectivity index (χ0n) is 18.2. The van der Waals surface area contributed by atoms with Gasteiger partial charge in [-0.15, -0.1) is 0 Å². The largest absolute Gasteiger partial charge is 0.478 e. The summed E-state index contributed by atoms with van der Waals surface area (Å²) in [6.45, 7) is 9.01. The van der Waals surface area contributed by atoms with Crippen LogP contribution in [0.25, 0.3) is 0 Å². The Bertz CT molecular complexity index is 519. The fourth-order valence-corrected chi connectivity index (χ4v) is 2.91. The van der Waals surface area contributed by atoms with Gasteiger partial charge < -0.3 is 9.84 Å². The number of unbranched alkanes of at least 4 members (excludes halogenated alkanes) is 7. The van der Waals surface area contributed by atoms with Gasteiger partial charge in [0.15, 0.2) is 0 Å². The van der Waals surface area contributed by atoms with Crippen molar-refractivity contribution in [2.75, 3.05) is 0 Å². The number of carbonyl (C=O) groups is 2. The molecule has 0 heterocycles. The Kier molecular flexibility index (Phi) is 15.1. The van der Waals surface area contributed by atoms with Crippen LogP contribution in [0.4, 0.5) is 0 Å². The zero-order chi connectivity index (χ0) is 21.3. The molecule has 0 saturated heterocycles. The molecular weight excluding hydrogens is 352 g/mol. The Morgan fingerprint density at radius 2 is 1.50 bits per heavy atom. The van der Waals surface area contributed by atoms with Crippen molar-refractivity contribution in [2.24, 2.45) is 0 Å². The number of carboxylic acid groups (broad SMARTS) is 1. The highest BCUT2D eigenvalue weighted by molar-refractivity contribution is 5.90. The molecule has 0 amide bonds. The van der Waals surface area contributed by atoms with Crippen LogP contribution in [-0.2, 0) is 14.3 Å². The SMILES string of the molecule is C=C(C)C(=O)OC(CC)(CCCCCC/C=C\C/C=C\CCCCC)C(=O)O. The third-order valence-electron chi connectivity index (χ3n) is 4.88. The van der Waals surface area contributed by atoms with Gasteiger partial charge in [0.2, 0.25) is 5.60 Å². The van der Waals surface area contributed by atoms with Gasteiger partial charge in [-0.05, 0) is 58.3 Å². The van der Waals surface area contributed by atoms with Gasteiger partial charge in [-0.2, -0.15) is 0 Å². The summed E-state index contributed by atoms with van der Waals surface area (Å²) in [6, 6.07) is 0. The Morgan fingerprint density at radius 1 is 0.929 bits per heavy atom. The summed E-state index contributed by atoms with van der Waals surface area (Å²) in [5.74, 6) is -1.70. The second-order valence-electron chi connectivity index (χ2n) is 7.45. The predicted octanol–water partition coefficient (Wildman–Crippen LogP) is 6.76. The molecule has 28 heavy (non-hydrogen) atoms. The molecule has 0 rings (SSSR count). The minimum absolute atomic E-state index is 0.224. The summed E-state index contributed by atoms with van der Waals surface area (Å²) in [6.07, 6.45) is 20.4. The molecule has 4 heteroatoms. The van der Waals surface area contributed by atoms with Crippen LogP contribution in [-0.4, -0.2) is 22.6 Å². The van der Waals surface area contributed by atoms with Crippen molar-refractivity contribution >= 4 is 11.9 Å². The number of carboxylic acids is 1. The molecule has 0 saturated carbocycles. The average molecular weight is 393 g/mol. The van der Waals surface area contributed by atoms with Crippen LogP contribution in [0.3, 0.4) is 0 Å². The molecule has 4 nitrogen and oxygen atoms in total. The number of aliphatic carboxylic acids is 1. The van der Waals surface area contributed by atoms with Gasteiger partial charge >= 0.3 is 11.9 Å². The molecule has 0 aliphatic rings. The standard InChI is InChI=1S/C24H40O4/c1-5-7-8-9-10-11-12-13-14-15-16-17-18-19-20-24(6-2,23(26)27)28-22(25)21(3)4/h10-11,13-14H,3,5-9,12,15-20H2,1-2,4H3,(H,26,27)/b11-10-,14-13-. The highest BCUT2D eigenvalue weighted by Gasteiger charge is 2.40. The van der Waals surface area contributed by atoms with Gasteiger partial charge in [0.25, 0.3) is 0 Å². The minimum Gasteiger partial charge on any atom is -0.478 e. The van der Waals surface area contributed by atoms with Crippen molar-refractivity contribution < 1.29 is 19.4 Å². The number of hydrogen-bond donors (Lipinski definition) is 1. The lowest BCUT2D eigenvalue weighted by Crippen LogP contribution is -2.43. The monoisotopic (exact) mass is 392 g/mol. The molecule has 0 aliphatic heterocycles. The lowest BCUT2D eigenvalue weighted by atomic mass is 9.92. The van der Waals surface area contributed by atoms with Gasteiger partial charge in [-0.3, -0.25) is 0 Å². The van der Waals surface area contributed by atoms with E-state index in [1.807, 2.05) is 0 Å². The summed E-state index contributed by atoms with van der Waals surface area (Å²) in [4.78, 5) is 23.4. The number of esters is 1. The topological polar surface area (TPSA) is 63.6 Å². The summed E-state index contributed by atoms with van der Waals surface area (Å²) in [5, 5.41) is 9.54. The van der Waals surface area contributed by atoms with E-state index in [2.05, 4.69) is 37.8 Å². The first-order valence-electron chi connectivity index (χ1n) is 10.8. The molecule has 160 valence electrons. The normalized spacial score (nSPS) is 13.7. The van der Waals surface area contributed by atoms with Gasteiger partial charge in [-0.1, -0.05) is 70.4 Å². The van der Waals surface area contributed by atoms with Crippen LogP contribution in [0.15, 0.2) is 36.5 Å². The van der Waals surface area contributed by atoms with Crippen molar-refractivity contribution in [2.45, 2.75) is 103 Å². The number of allylic oxidation sites excluding steroid dienone is 4. The average Bonchev–Trinajstić information content (AvgIpc) is 2.66. The molecule has 0 spiro atoms. The third kappa shape index (κ3) is 11.8. The van der Waals surface area contributed by atoms with Crippen LogP contribution in [0.5, 0.6) is 0 Å². The zero-order valence-corrected chi connectivity index (χ0v) is 18.2.